The van der Waals surface area contributed by atoms with Gasteiger partial charge in [-0.25, -0.2) is 4.79 Å². The SMILES string of the molecule is CO[C@H]1O[C@@H]2C(=O)O[C@@H]([C@H]2OC(C)=O)[C@H]1OC(C)=O. The summed E-state index contributed by atoms with van der Waals surface area (Å²) in [5, 5.41) is 0. The molecule has 2 aliphatic heterocycles. The average Bonchev–Trinajstić information content (AvgIpc) is 2.51. The quantitative estimate of drug-likeness (QED) is 0.484. The van der Waals surface area contributed by atoms with Crippen LogP contribution in [-0.2, 0) is 38.1 Å². The first-order valence-electron chi connectivity index (χ1n) is 5.67. The van der Waals surface area contributed by atoms with Crippen molar-refractivity contribution in [3.05, 3.63) is 0 Å². The van der Waals surface area contributed by atoms with E-state index < -0.39 is 48.6 Å². The number of hydrogen-bond donors (Lipinski definition) is 0. The van der Waals surface area contributed by atoms with Gasteiger partial charge in [0, 0.05) is 21.0 Å². The van der Waals surface area contributed by atoms with Gasteiger partial charge in [-0.15, -0.1) is 0 Å². The van der Waals surface area contributed by atoms with Crippen molar-refractivity contribution < 1.29 is 38.1 Å². The molecule has 2 saturated heterocycles. The van der Waals surface area contributed by atoms with E-state index in [1.165, 1.54) is 21.0 Å². The summed E-state index contributed by atoms with van der Waals surface area (Å²) >= 11 is 0. The number of ether oxygens (including phenoxy) is 5. The Morgan fingerprint density at radius 2 is 1.68 bits per heavy atom. The number of rotatable bonds is 3. The number of hydrogen-bond acceptors (Lipinski definition) is 8. The van der Waals surface area contributed by atoms with E-state index in [1.54, 1.807) is 0 Å². The summed E-state index contributed by atoms with van der Waals surface area (Å²) in [6.45, 7) is 2.41. The summed E-state index contributed by atoms with van der Waals surface area (Å²) in [5.74, 6) is -1.84. The van der Waals surface area contributed by atoms with E-state index in [9.17, 15) is 14.4 Å². The van der Waals surface area contributed by atoms with E-state index in [0.717, 1.165) is 0 Å². The van der Waals surface area contributed by atoms with E-state index in [1.807, 2.05) is 0 Å². The normalized spacial score (nSPS) is 36.6. The molecular weight excluding hydrogens is 260 g/mol. The predicted octanol–water partition coefficient (Wildman–Crippen LogP) is -0.853. The van der Waals surface area contributed by atoms with Crippen molar-refractivity contribution >= 4 is 17.9 Å². The van der Waals surface area contributed by atoms with Gasteiger partial charge in [-0.05, 0) is 0 Å². The molecule has 0 aliphatic carbocycles. The Balaban J connectivity index is 2.23. The van der Waals surface area contributed by atoms with Crippen molar-refractivity contribution in [2.24, 2.45) is 0 Å². The second kappa shape index (κ2) is 5.14. The molecule has 0 radical (unpaired) electrons. The molecule has 8 heteroatoms. The second-order valence-corrected chi connectivity index (χ2v) is 4.21. The molecule has 0 saturated carbocycles. The van der Waals surface area contributed by atoms with Gasteiger partial charge in [0.15, 0.2) is 30.7 Å². The van der Waals surface area contributed by atoms with Crippen molar-refractivity contribution in [3.8, 4) is 0 Å². The third kappa shape index (κ3) is 2.54. The molecule has 0 spiro atoms. The highest BCUT2D eigenvalue weighted by Crippen LogP contribution is 2.34. The second-order valence-electron chi connectivity index (χ2n) is 4.21. The first kappa shape index (κ1) is 13.8. The molecule has 2 fully saturated rings. The van der Waals surface area contributed by atoms with Crippen LogP contribution < -0.4 is 0 Å². The largest absolute Gasteiger partial charge is 0.455 e. The Morgan fingerprint density at radius 3 is 2.21 bits per heavy atom. The van der Waals surface area contributed by atoms with E-state index in [-0.39, 0.29) is 0 Å². The Hall–Kier alpha value is -1.67. The van der Waals surface area contributed by atoms with Gasteiger partial charge in [0.25, 0.3) is 0 Å². The fourth-order valence-corrected chi connectivity index (χ4v) is 2.16. The van der Waals surface area contributed by atoms with Crippen LogP contribution in [0.3, 0.4) is 0 Å². The minimum absolute atomic E-state index is 0.584. The molecule has 2 aliphatic rings. The maximum atomic E-state index is 11.6. The smallest absolute Gasteiger partial charge is 0.340 e. The molecule has 106 valence electrons. The Labute approximate surface area is 108 Å². The van der Waals surface area contributed by atoms with Crippen LogP contribution in [0.15, 0.2) is 0 Å². The summed E-state index contributed by atoms with van der Waals surface area (Å²) in [4.78, 5) is 33.7. The maximum absolute atomic E-state index is 11.6. The lowest BCUT2D eigenvalue weighted by Gasteiger charge is -2.36. The zero-order valence-corrected chi connectivity index (χ0v) is 10.7. The number of carbonyl (C=O) groups is 3. The fourth-order valence-electron chi connectivity index (χ4n) is 2.16. The highest BCUT2D eigenvalue weighted by Gasteiger charge is 2.60. The molecule has 5 atom stereocenters. The zero-order chi connectivity index (χ0) is 14.2. The minimum Gasteiger partial charge on any atom is -0.455 e. The summed E-state index contributed by atoms with van der Waals surface area (Å²) in [5.41, 5.74) is 0. The standard InChI is InChI=1S/C11H14O8/c1-4(12)16-6-7-9(17-5(2)13)11(15-3)19-8(6)10(14)18-7/h6-9,11H,1-3H3/t6-,7+,8+,9-,11+/m1/s1. The Bertz CT molecular complexity index is 405. The minimum atomic E-state index is -1.06. The monoisotopic (exact) mass is 274 g/mol. The van der Waals surface area contributed by atoms with E-state index in [2.05, 4.69) is 0 Å². The lowest BCUT2D eigenvalue weighted by Crippen LogP contribution is -2.56. The molecule has 0 aromatic carbocycles. The first-order chi connectivity index (χ1) is 8.93. The summed E-state index contributed by atoms with van der Waals surface area (Å²) < 4.78 is 25.4. The molecule has 2 rings (SSSR count). The van der Waals surface area contributed by atoms with Crippen molar-refractivity contribution in [1.29, 1.82) is 0 Å². The number of fused-ring (bicyclic) bond motifs is 2. The van der Waals surface area contributed by atoms with Gasteiger partial charge in [0.2, 0.25) is 0 Å². The van der Waals surface area contributed by atoms with Gasteiger partial charge in [-0.1, -0.05) is 0 Å². The molecule has 2 bridgehead atoms. The van der Waals surface area contributed by atoms with Crippen LogP contribution in [-0.4, -0.2) is 55.7 Å². The molecule has 2 heterocycles. The summed E-state index contributed by atoms with van der Waals surface area (Å²) in [6.07, 6.45) is -4.86. The van der Waals surface area contributed by atoms with Crippen LogP contribution in [0.5, 0.6) is 0 Å². The molecule has 0 unspecified atom stereocenters. The van der Waals surface area contributed by atoms with Gasteiger partial charge in [0.1, 0.15) is 0 Å². The molecule has 0 N–H and O–H groups in total. The average molecular weight is 274 g/mol. The van der Waals surface area contributed by atoms with Gasteiger partial charge in [0.05, 0.1) is 0 Å². The molecule has 8 nitrogen and oxygen atoms in total. The van der Waals surface area contributed by atoms with Crippen LogP contribution in [0, 0.1) is 0 Å². The van der Waals surface area contributed by atoms with Gasteiger partial charge >= 0.3 is 17.9 Å². The molecule has 19 heavy (non-hydrogen) atoms. The fraction of sp³-hybridized carbons (Fsp3) is 0.727. The Kier molecular flexibility index (Phi) is 3.72. The Morgan fingerprint density at radius 1 is 1.11 bits per heavy atom. The highest BCUT2D eigenvalue weighted by molar-refractivity contribution is 5.80. The zero-order valence-electron chi connectivity index (χ0n) is 10.7. The van der Waals surface area contributed by atoms with E-state index >= 15 is 0 Å². The third-order valence-corrected chi connectivity index (χ3v) is 2.82. The molecule has 0 aromatic heterocycles. The van der Waals surface area contributed by atoms with Gasteiger partial charge < -0.3 is 23.7 Å². The topological polar surface area (TPSA) is 97.4 Å². The lowest BCUT2D eigenvalue weighted by atomic mass is 10.0. The lowest BCUT2D eigenvalue weighted by molar-refractivity contribution is -0.262. The van der Waals surface area contributed by atoms with Crippen LogP contribution in [0.2, 0.25) is 0 Å². The first-order valence-corrected chi connectivity index (χ1v) is 5.67. The summed E-state index contributed by atoms with van der Waals surface area (Å²) in [6, 6.07) is 0. The molecule has 0 aromatic rings. The molecular formula is C11H14O8. The third-order valence-electron chi connectivity index (χ3n) is 2.82. The van der Waals surface area contributed by atoms with E-state index in [4.69, 9.17) is 23.7 Å². The number of carbonyl (C=O) groups excluding carboxylic acids is 3. The summed E-state index contributed by atoms with van der Waals surface area (Å²) in [7, 11) is 1.34. The van der Waals surface area contributed by atoms with Crippen molar-refractivity contribution in [2.75, 3.05) is 7.11 Å². The maximum Gasteiger partial charge on any atom is 0.340 e. The highest BCUT2D eigenvalue weighted by atomic mass is 16.7. The van der Waals surface area contributed by atoms with Gasteiger partial charge in [-0.3, -0.25) is 9.59 Å². The van der Waals surface area contributed by atoms with Crippen molar-refractivity contribution in [2.45, 2.75) is 44.6 Å². The van der Waals surface area contributed by atoms with Crippen LogP contribution >= 0.6 is 0 Å². The van der Waals surface area contributed by atoms with Crippen molar-refractivity contribution in [3.63, 3.8) is 0 Å². The number of methoxy groups -OCH3 is 1. The van der Waals surface area contributed by atoms with E-state index in [0.29, 0.717) is 0 Å². The van der Waals surface area contributed by atoms with Gasteiger partial charge in [-0.2, -0.15) is 0 Å². The predicted molar refractivity (Wildman–Crippen MR) is 56.7 cm³/mol. The molecule has 0 amide bonds. The van der Waals surface area contributed by atoms with Crippen LogP contribution in [0.1, 0.15) is 13.8 Å². The van der Waals surface area contributed by atoms with Crippen LogP contribution in [0.4, 0.5) is 0 Å². The van der Waals surface area contributed by atoms with Crippen molar-refractivity contribution in [1.82, 2.24) is 0 Å². The van der Waals surface area contributed by atoms with Crippen LogP contribution in [0.25, 0.3) is 0 Å². The number of esters is 3.